The van der Waals surface area contributed by atoms with E-state index in [1.165, 1.54) is 25.7 Å². The molecule has 0 N–H and O–H groups in total. The third kappa shape index (κ3) is 2.33. The fourth-order valence-corrected chi connectivity index (χ4v) is 3.01. The van der Waals surface area contributed by atoms with E-state index in [-0.39, 0.29) is 11.6 Å². The van der Waals surface area contributed by atoms with Crippen LogP contribution in [0, 0.1) is 25.2 Å². The van der Waals surface area contributed by atoms with Gasteiger partial charge in [0.1, 0.15) is 11.6 Å². The van der Waals surface area contributed by atoms with E-state index in [4.69, 9.17) is 5.26 Å². The van der Waals surface area contributed by atoms with Gasteiger partial charge in [0, 0.05) is 11.7 Å². The van der Waals surface area contributed by atoms with Crippen LogP contribution < -0.4 is 5.56 Å². The van der Waals surface area contributed by atoms with Crippen LogP contribution >= 0.6 is 0 Å². The highest BCUT2D eigenvalue weighted by atomic mass is 16.1. The van der Waals surface area contributed by atoms with Crippen LogP contribution in [-0.4, -0.2) is 4.57 Å². The van der Waals surface area contributed by atoms with Gasteiger partial charge in [0.05, 0.1) is 0 Å². The molecule has 0 saturated heterocycles. The monoisotopic (exact) mass is 244 g/mol. The molecule has 0 spiro atoms. The van der Waals surface area contributed by atoms with Crippen molar-refractivity contribution in [3.05, 3.63) is 33.2 Å². The molecule has 1 heterocycles. The number of nitrogens with zero attached hydrogens (tertiary/aromatic N) is 2. The van der Waals surface area contributed by atoms with Gasteiger partial charge in [-0.15, -0.1) is 0 Å². The van der Waals surface area contributed by atoms with Crippen molar-refractivity contribution in [1.82, 2.24) is 4.57 Å². The van der Waals surface area contributed by atoms with Crippen molar-refractivity contribution in [2.45, 2.75) is 58.4 Å². The zero-order valence-corrected chi connectivity index (χ0v) is 11.2. The number of hydrogen-bond donors (Lipinski definition) is 0. The molecule has 3 nitrogen and oxygen atoms in total. The molecule has 0 bridgehead atoms. The minimum Gasteiger partial charge on any atom is -0.309 e. The van der Waals surface area contributed by atoms with Gasteiger partial charge in [-0.05, 0) is 38.3 Å². The molecule has 0 aromatic carbocycles. The molecule has 1 aromatic rings. The first kappa shape index (κ1) is 12.9. The van der Waals surface area contributed by atoms with Crippen LogP contribution in [0.1, 0.15) is 61.4 Å². The summed E-state index contributed by atoms with van der Waals surface area (Å²) in [6, 6.07) is 4.30. The molecule has 0 amide bonds. The maximum Gasteiger partial charge on any atom is 0.269 e. The lowest BCUT2D eigenvalue weighted by Gasteiger charge is -2.21. The van der Waals surface area contributed by atoms with E-state index in [0.29, 0.717) is 5.56 Å². The average Bonchev–Trinajstić information content (AvgIpc) is 2.58. The molecule has 18 heavy (non-hydrogen) atoms. The Morgan fingerprint density at radius 2 is 1.83 bits per heavy atom. The number of rotatable bonds is 1. The Balaban J connectivity index is 2.50. The molecule has 96 valence electrons. The van der Waals surface area contributed by atoms with E-state index in [9.17, 15) is 4.79 Å². The van der Waals surface area contributed by atoms with Gasteiger partial charge in [0.15, 0.2) is 0 Å². The molecule has 0 unspecified atom stereocenters. The maximum absolute atomic E-state index is 12.4. The highest BCUT2D eigenvalue weighted by molar-refractivity contribution is 5.36. The van der Waals surface area contributed by atoms with E-state index >= 15 is 0 Å². The summed E-state index contributed by atoms with van der Waals surface area (Å²) in [7, 11) is 0. The van der Waals surface area contributed by atoms with Gasteiger partial charge in [0.2, 0.25) is 0 Å². The van der Waals surface area contributed by atoms with Gasteiger partial charge in [-0.25, -0.2) is 0 Å². The second-order valence-electron chi connectivity index (χ2n) is 5.28. The first-order chi connectivity index (χ1) is 8.65. The van der Waals surface area contributed by atoms with Crippen LogP contribution in [0.5, 0.6) is 0 Å². The van der Waals surface area contributed by atoms with Gasteiger partial charge in [0.25, 0.3) is 5.56 Å². The van der Waals surface area contributed by atoms with Crippen molar-refractivity contribution in [1.29, 1.82) is 5.26 Å². The molecular formula is C15H20N2O. The first-order valence-electron chi connectivity index (χ1n) is 6.78. The molecule has 1 aliphatic carbocycles. The molecule has 2 rings (SSSR count). The van der Waals surface area contributed by atoms with E-state index in [0.717, 1.165) is 24.1 Å². The largest absolute Gasteiger partial charge is 0.309 e. The standard InChI is InChI=1S/C15H20N2O/c1-11-9-12(2)17(15(18)14(11)10-16)13-7-5-3-4-6-8-13/h9,13H,3-8H2,1-2H3. The second kappa shape index (κ2) is 5.39. The van der Waals surface area contributed by atoms with Gasteiger partial charge in [-0.2, -0.15) is 5.26 Å². The SMILES string of the molecule is Cc1cc(C)n(C2CCCCCC2)c(=O)c1C#N. The predicted molar refractivity (Wildman–Crippen MR) is 71.6 cm³/mol. The van der Waals surface area contributed by atoms with E-state index < -0.39 is 0 Å². The third-order valence-corrected chi connectivity index (χ3v) is 3.93. The Morgan fingerprint density at radius 1 is 1.22 bits per heavy atom. The fraction of sp³-hybridized carbons (Fsp3) is 0.600. The lowest BCUT2D eigenvalue weighted by atomic mass is 10.1. The molecule has 1 aromatic heterocycles. The van der Waals surface area contributed by atoms with Gasteiger partial charge < -0.3 is 4.57 Å². The Labute approximate surface area is 108 Å². The molecule has 1 aliphatic rings. The van der Waals surface area contributed by atoms with Crippen LogP contribution in [0.3, 0.4) is 0 Å². The number of pyridine rings is 1. The van der Waals surface area contributed by atoms with Crippen LogP contribution in [0.2, 0.25) is 0 Å². The van der Waals surface area contributed by atoms with Crippen molar-refractivity contribution in [2.75, 3.05) is 0 Å². The fourth-order valence-electron chi connectivity index (χ4n) is 3.01. The molecule has 3 heteroatoms. The number of nitriles is 1. The molecule has 1 saturated carbocycles. The topological polar surface area (TPSA) is 45.8 Å². The van der Waals surface area contributed by atoms with Crippen molar-refractivity contribution in [2.24, 2.45) is 0 Å². The Kier molecular flexibility index (Phi) is 3.86. The summed E-state index contributed by atoms with van der Waals surface area (Å²) < 4.78 is 1.86. The smallest absolute Gasteiger partial charge is 0.269 e. The highest BCUT2D eigenvalue weighted by Gasteiger charge is 2.19. The summed E-state index contributed by atoms with van der Waals surface area (Å²) in [5.41, 5.74) is 2.00. The molecule has 0 radical (unpaired) electrons. The molecule has 1 fully saturated rings. The Bertz CT molecular complexity index is 529. The first-order valence-corrected chi connectivity index (χ1v) is 6.78. The molecular weight excluding hydrogens is 224 g/mol. The summed E-state index contributed by atoms with van der Waals surface area (Å²) >= 11 is 0. The summed E-state index contributed by atoms with van der Waals surface area (Å²) in [6.45, 7) is 3.81. The normalized spacial score (nSPS) is 17.2. The number of aromatic nitrogens is 1. The average molecular weight is 244 g/mol. The highest BCUT2D eigenvalue weighted by Crippen LogP contribution is 2.27. The zero-order chi connectivity index (χ0) is 13.1. The third-order valence-electron chi connectivity index (χ3n) is 3.93. The van der Waals surface area contributed by atoms with Crippen molar-refractivity contribution in [3.63, 3.8) is 0 Å². The quantitative estimate of drug-likeness (QED) is 0.712. The number of aryl methyl sites for hydroxylation is 2. The second-order valence-corrected chi connectivity index (χ2v) is 5.28. The van der Waals surface area contributed by atoms with Crippen molar-refractivity contribution in [3.8, 4) is 6.07 Å². The summed E-state index contributed by atoms with van der Waals surface area (Å²) in [5, 5.41) is 9.11. The van der Waals surface area contributed by atoms with Gasteiger partial charge >= 0.3 is 0 Å². The minimum atomic E-state index is -0.0955. The predicted octanol–water partition coefficient (Wildman–Crippen LogP) is 3.23. The van der Waals surface area contributed by atoms with E-state index in [2.05, 4.69) is 6.07 Å². The van der Waals surface area contributed by atoms with Crippen LogP contribution in [-0.2, 0) is 0 Å². The molecule has 0 atom stereocenters. The lowest BCUT2D eigenvalue weighted by molar-refractivity contribution is 0.423. The summed E-state index contributed by atoms with van der Waals surface area (Å²) in [5.74, 6) is 0. The Hall–Kier alpha value is -1.56. The van der Waals surface area contributed by atoms with Crippen molar-refractivity contribution < 1.29 is 0 Å². The Morgan fingerprint density at radius 3 is 2.39 bits per heavy atom. The lowest BCUT2D eigenvalue weighted by Crippen LogP contribution is -2.29. The minimum absolute atomic E-state index is 0.0955. The zero-order valence-electron chi connectivity index (χ0n) is 11.2. The van der Waals surface area contributed by atoms with Crippen LogP contribution in [0.25, 0.3) is 0 Å². The summed E-state index contributed by atoms with van der Waals surface area (Å²) in [4.78, 5) is 12.4. The molecule has 0 aliphatic heterocycles. The van der Waals surface area contributed by atoms with E-state index in [1.807, 2.05) is 24.5 Å². The van der Waals surface area contributed by atoms with Crippen LogP contribution in [0.15, 0.2) is 10.9 Å². The van der Waals surface area contributed by atoms with Gasteiger partial charge in [-0.1, -0.05) is 25.7 Å². The van der Waals surface area contributed by atoms with Crippen LogP contribution in [0.4, 0.5) is 0 Å². The van der Waals surface area contributed by atoms with Gasteiger partial charge in [-0.3, -0.25) is 4.79 Å². The maximum atomic E-state index is 12.4. The van der Waals surface area contributed by atoms with Crippen molar-refractivity contribution >= 4 is 0 Å². The van der Waals surface area contributed by atoms with E-state index in [1.54, 1.807) is 0 Å². The summed E-state index contributed by atoms with van der Waals surface area (Å²) in [6.07, 6.45) is 7.03. The number of hydrogen-bond acceptors (Lipinski definition) is 2.